The second kappa shape index (κ2) is 4.24. The van der Waals surface area contributed by atoms with Crippen LogP contribution in [-0.2, 0) is 0 Å². The summed E-state index contributed by atoms with van der Waals surface area (Å²) in [5.41, 5.74) is 6.34. The van der Waals surface area contributed by atoms with Gasteiger partial charge in [0, 0.05) is 0 Å². The Morgan fingerprint density at radius 3 is 2.33 bits per heavy atom. The summed E-state index contributed by atoms with van der Waals surface area (Å²) in [7, 11) is 2.20. The average molecular weight is 170 g/mol. The van der Waals surface area contributed by atoms with Crippen molar-refractivity contribution < 1.29 is 0 Å². The highest BCUT2D eigenvalue weighted by molar-refractivity contribution is 4.85. The van der Waals surface area contributed by atoms with Crippen molar-refractivity contribution in [3.8, 4) is 0 Å². The molecule has 72 valence electrons. The minimum Gasteiger partial charge on any atom is -0.330 e. The number of likely N-dealkylation sites (tertiary alicyclic amines) is 1. The summed E-state index contributed by atoms with van der Waals surface area (Å²) in [6.45, 7) is 5.61. The average Bonchev–Trinajstić information content (AvgIpc) is 2.10. The molecule has 0 spiro atoms. The van der Waals surface area contributed by atoms with Crippen LogP contribution in [0.15, 0.2) is 0 Å². The van der Waals surface area contributed by atoms with E-state index in [1.165, 1.54) is 38.8 Å². The van der Waals surface area contributed by atoms with Crippen LogP contribution in [0.5, 0.6) is 0 Å². The van der Waals surface area contributed by atoms with Crippen molar-refractivity contribution in [3.05, 3.63) is 0 Å². The molecule has 1 rings (SSSR count). The van der Waals surface area contributed by atoms with Crippen molar-refractivity contribution in [3.63, 3.8) is 0 Å². The molecule has 12 heavy (non-hydrogen) atoms. The van der Waals surface area contributed by atoms with Crippen molar-refractivity contribution in [2.45, 2.75) is 32.6 Å². The van der Waals surface area contributed by atoms with E-state index in [1.807, 2.05) is 0 Å². The Hall–Kier alpha value is -0.0800. The number of nitrogens with zero attached hydrogens (tertiary/aromatic N) is 1. The van der Waals surface area contributed by atoms with Gasteiger partial charge in [0.15, 0.2) is 0 Å². The first-order valence-electron chi connectivity index (χ1n) is 5.11. The molecule has 0 saturated carbocycles. The molecule has 0 radical (unpaired) electrons. The topological polar surface area (TPSA) is 29.3 Å². The molecule has 0 aromatic heterocycles. The van der Waals surface area contributed by atoms with E-state index >= 15 is 0 Å². The van der Waals surface area contributed by atoms with Gasteiger partial charge in [-0.1, -0.05) is 13.3 Å². The second-order valence-corrected chi connectivity index (χ2v) is 4.26. The lowest BCUT2D eigenvalue weighted by Crippen LogP contribution is -2.42. The summed E-state index contributed by atoms with van der Waals surface area (Å²) in [6, 6.07) is 0. The van der Waals surface area contributed by atoms with E-state index in [-0.39, 0.29) is 0 Å². The summed E-state index contributed by atoms with van der Waals surface area (Å²) in [6.07, 6.45) is 5.19. The van der Waals surface area contributed by atoms with Crippen LogP contribution < -0.4 is 5.73 Å². The Labute approximate surface area is 76.1 Å². The van der Waals surface area contributed by atoms with Gasteiger partial charge in [0.25, 0.3) is 0 Å². The molecule has 0 aliphatic carbocycles. The maximum Gasteiger partial charge on any atom is -0.00160 e. The van der Waals surface area contributed by atoms with Crippen LogP contribution in [0, 0.1) is 5.41 Å². The van der Waals surface area contributed by atoms with Crippen LogP contribution in [0.3, 0.4) is 0 Å². The smallest absolute Gasteiger partial charge is 0.00160 e. The zero-order chi connectivity index (χ0) is 9.03. The number of hydrogen-bond donors (Lipinski definition) is 1. The highest BCUT2D eigenvalue weighted by Gasteiger charge is 2.30. The molecule has 0 atom stereocenters. The SMILES string of the molecule is CCCC1(CN)CCN(C)CC1. The van der Waals surface area contributed by atoms with Crippen LogP contribution in [0.4, 0.5) is 0 Å². The predicted octanol–water partition coefficient (Wildman–Crippen LogP) is 1.46. The first-order valence-corrected chi connectivity index (χ1v) is 5.11. The highest BCUT2D eigenvalue weighted by Crippen LogP contribution is 2.34. The lowest BCUT2D eigenvalue weighted by molar-refractivity contribution is 0.119. The number of piperidine rings is 1. The quantitative estimate of drug-likeness (QED) is 0.695. The van der Waals surface area contributed by atoms with Gasteiger partial charge in [-0.05, 0) is 51.4 Å². The zero-order valence-corrected chi connectivity index (χ0v) is 8.47. The molecule has 1 heterocycles. The van der Waals surface area contributed by atoms with Gasteiger partial charge in [0.2, 0.25) is 0 Å². The predicted molar refractivity (Wildman–Crippen MR) is 53.1 cm³/mol. The molecule has 2 N–H and O–H groups in total. The van der Waals surface area contributed by atoms with Crippen LogP contribution in [0.25, 0.3) is 0 Å². The molecule has 0 unspecified atom stereocenters. The van der Waals surface area contributed by atoms with E-state index < -0.39 is 0 Å². The van der Waals surface area contributed by atoms with Gasteiger partial charge in [-0.15, -0.1) is 0 Å². The van der Waals surface area contributed by atoms with Gasteiger partial charge in [0.1, 0.15) is 0 Å². The summed E-state index contributed by atoms with van der Waals surface area (Å²) < 4.78 is 0. The van der Waals surface area contributed by atoms with Crippen molar-refractivity contribution in [1.29, 1.82) is 0 Å². The maximum atomic E-state index is 5.85. The van der Waals surface area contributed by atoms with E-state index in [2.05, 4.69) is 18.9 Å². The molecule has 0 aromatic carbocycles. The Bertz CT molecular complexity index is 126. The lowest BCUT2D eigenvalue weighted by Gasteiger charge is -2.39. The van der Waals surface area contributed by atoms with E-state index in [0.717, 1.165) is 6.54 Å². The fraction of sp³-hybridized carbons (Fsp3) is 1.00. The monoisotopic (exact) mass is 170 g/mol. The third-order valence-corrected chi connectivity index (χ3v) is 3.26. The fourth-order valence-corrected chi connectivity index (χ4v) is 2.18. The molecule has 0 amide bonds. The molecular formula is C10H22N2. The third-order valence-electron chi connectivity index (χ3n) is 3.26. The molecule has 0 bridgehead atoms. The molecule has 1 fully saturated rings. The normalized spacial score (nSPS) is 24.2. The van der Waals surface area contributed by atoms with Crippen molar-refractivity contribution in [2.75, 3.05) is 26.7 Å². The molecule has 2 nitrogen and oxygen atoms in total. The molecule has 1 saturated heterocycles. The van der Waals surface area contributed by atoms with Gasteiger partial charge in [-0.25, -0.2) is 0 Å². The summed E-state index contributed by atoms with van der Waals surface area (Å²) in [5, 5.41) is 0. The van der Waals surface area contributed by atoms with Gasteiger partial charge in [0.05, 0.1) is 0 Å². The fourth-order valence-electron chi connectivity index (χ4n) is 2.18. The second-order valence-electron chi connectivity index (χ2n) is 4.26. The highest BCUT2D eigenvalue weighted by atomic mass is 15.1. The number of nitrogens with two attached hydrogens (primary N) is 1. The Kier molecular flexibility index (Phi) is 3.53. The zero-order valence-electron chi connectivity index (χ0n) is 8.47. The summed E-state index contributed by atoms with van der Waals surface area (Å²) >= 11 is 0. The first-order chi connectivity index (χ1) is 5.72. The minimum atomic E-state index is 0.487. The van der Waals surface area contributed by atoms with Crippen LogP contribution in [0.2, 0.25) is 0 Å². The standard InChI is InChI=1S/C10H22N2/c1-3-4-10(9-11)5-7-12(2)8-6-10/h3-9,11H2,1-2H3. The summed E-state index contributed by atoms with van der Waals surface area (Å²) in [5.74, 6) is 0. The lowest BCUT2D eigenvalue weighted by atomic mass is 9.75. The molecular weight excluding hydrogens is 148 g/mol. The Morgan fingerprint density at radius 1 is 1.33 bits per heavy atom. The van der Waals surface area contributed by atoms with Crippen LogP contribution in [-0.4, -0.2) is 31.6 Å². The number of rotatable bonds is 3. The first kappa shape index (κ1) is 10.0. The summed E-state index contributed by atoms with van der Waals surface area (Å²) in [4.78, 5) is 2.41. The molecule has 1 aliphatic heterocycles. The van der Waals surface area contributed by atoms with Crippen LogP contribution >= 0.6 is 0 Å². The largest absolute Gasteiger partial charge is 0.330 e. The van der Waals surface area contributed by atoms with E-state index in [0.29, 0.717) is 5.41 Å². The molecule has 2 heteroatoms. The minimum absolute atomic E-state index is 0.487. The van der Waals surface area contributed by atoms with E-state index in [9.17, 15) is 0 Å². The van der Waals surface area contributed by atoms with Gasteiger partial charge in [-0.3, -0.25) is 0 Å². The third kappa shape index (κ3) is 2.20. The van der Waals surface area contributed by atoms with Crippen LogP contribution in [0.1, 0.15) is 32.6 Å². The van der Waals surface area contributed by atoms with Crippen molar-refractivity contribution >= 4 is 0 Å². The Balaban J connectivity index is 2.45. The van der Waals surface area contributed by atoms with Gasteiger partial charge >= 0.3 is 0 Å². The van der Waals surface area contributed by atoms with Gasteiger partial charge < -0.3 is 10.6 Å². The molecule has 1 aliphatic rings. The van der Waals surface area contributed by atoms with Gasteiger partial charge in [-0.2, -0.15) is 0 Å². The Morgan fingerprint density at radius 2 is 1.92 bits per heavy atom. The van der Waals surface area contributed by atoms with E-state index in [4.69, 9.17) is 5.73 Å². The maximum absolute atomic E-state index is 5.85. The van der Waals surface area contributed by atoms with E-state index in [1.54, 1.807) is 0 Å². The van der Waals surface area contributed by atoms with Crippen molar-refractivity contribution in [2.24, 2.45) is 11.1 Å². The number of hydrogen-bond acceptors (Lipinski definition) is 2. The molecule has 0 aromatic rings. The van der Waals surface area contributed by atoms with Crippen molar-refractivity contribution in [1.82, 2.24) is 4.90 Å².